The van der Waals surface area contributed by atoms with E-state index in [0.29, 0.717) is 19.7 Å². The molecule has 4 nitrogen and oxygen atoms in total. The van der Waals surface area contributed by atoms with Crippen LogP contribution in [0, 0.1) is 0 Å². The molecule has 0 aromatic heterocycles. The van der Waals surface area contributed by atoms with Crippen molar-refractivity contribution in [1.29, 1.82) is 0 Å². The van der Waals surface area contributed by atoms with Gasteiger partial charge in [0.2, 0.25) is 6.29 Å². The Balaban J connectivity index is 1.88. The van der Waals surface area contributed by atoms with Crippen LogP contribution in [0.1, 0.15) is 5.56 Å². The van der Waals surface area contributed by atoms with Gasteiger partial charge in [0.1, 0.15) is 0 Å². The Kier molecular flexibility index (Phi) is 3.54. The quantitative estimate of drug-likeness (QED) is 0.804. The number of hydrogen-bond donors (Lipinski definition) is 1. The first-order chi connectivity index (χ1) is 7.77. The number of nitrogens with zero attached hydrogens (tertiary/aromatic N) is 1. The van der Waals surface area contributed by atoms with E-state index in [9.17, 15) is 9.90 Å². The van der Waals surface area contributed by atoms with E-state index in [2.05, 4.69) is 0 Å². The summed E-state index contributed by atoms with van der Waals surface area (Å²) < 4.78 is 4.84. The Morgan fingerprint density at radius 3 is 2.88 bits per heavy atom. The van der Waals surface area contributed by atoms with Gasteiger partial charge in [-0.3, -0.25) is 4.79 Å². The number of aliphatic hydroxyl groups is 1. The lowest BCUT2D eigenvalue weighted by Crippen LogP contribution is -2.48. The molecule has 1 unspecified atom stereocenters. The smallest absolute Gasteiger partial charge is 0.279 e. The van der Waals surface area contributed by atoms with Crippen molar-refractivity contribution < 1.29 is 14.6 Å². The molecule has 86 valence electrons. The highest BCUT2D eigenvalue weighted by Gasteiger charge is 2.26. The summed E-state index contributed by atoms with van der Waals surface area (Å²) in [5.41, 5.74) is 1.19. The molecule has 0 radical (unpaired) electrons. The van der Waals surface area contributed by atoms with Crippen LogP contribution >= 0.6 is 0 Å². The molecule has 1 fully saturated rings. The average Bonchev–Trinajstić information content (AvgIpc) is 2.32. The normalized spacial score (nSPS) is 21.2. The Labute approximate surface area is 94.4 Å². The predicted molar refractivity (Wildman–Crippen MR) is 58.7 cm³/mol. The van der Waals surface area contributed by atoms with Gasteiger partial charge in [-0.2, -0.15) is 0 Å². The molecule has 1 N–H and O–H groups in total. The maximum atomic E-state index is 11.5. The van der Waals surface area contributed by atoms with Crippen LogP contribution in [0.25, 0.3) is 0 Å². The summed E-state index contributed by atoms with van der Waals surface area (Å²) in [5, 5.41) is 9.23. The van der Waals surface area contributed by atoms with Crippen molar-refractivity contribution in [2.45, 2.75) is 12.7 Å². The summed E-state index contributed by atoms with van der Waals surface area (Å²) in [7, 11) is 0. The van der Waals surface area contributed by atoms with Crippen molar-refractivity contribution in [2.75, 3.05) is 19.7 Å². The Morgan fingerprint density at radius 1 is 1.38 bits per heavy atom. The summed E-state index contributed by atoms with van der Waals surface area (Å²) in [5.74, 6) is -0.331. The number of rotatable bonds is 3. The van der Waals surface area contributed by atoms with Gasteiger partial charge >= 0.3 is 0 Å². The second-order valence-electron chi connectivity index (χ2n) is 3.78. The van der Waals surface area contributed by atoms with E-state index in [-0.39, 0.29) is 5.91 Å². The van der Waals surface area contributed by atoms with Crippen LogP contribution < -0.4 is 0 Å². The maximum absolute atomic E-state index is 11.5. The SMILES string of the molecule is O=C1C(O)OCCN1CCc1ccccc1. The zero-order chi connectivity index (χ0) is 11.4. The van der Waals surface area contributed by atoms with Crippen molar-refractivity contribution in [1.82, 2.24) is 4.90 Å². The van der Waals surface area contributed by atoms with Crippen molar-refractivity contribution in [3.8, 4) is 0 Å². The molecular weight excluding hydrogens is 206 g/mol. The molecule has 0 bridgehead atoms. The lowest BCUT2D eigenvalue weighted by Gasteiger charge is -2.29. The van der Waals surface area contributed by atoms with E-state index < -0.39 is 6.29 Å². The lowest BCUT2D eigenvalue weighted by atomic mass is 10.1. The third kappa shape index (κ3) is 2.59. The number of carbonyl (C=O) groups excluding carboxylic acids is 1. The Hall–Kier alpha value is -1.39. The fourth-order valence-corrected chi connectivity index (χ4v) is 1.74. The van der Waals surface area contributed by atoms with Crippen LogP contribution in [-0.2, 0) is 16.0 Å². The predicted octanol–water partition coefficient (Wildman–Crippen LogP) is 0.406. The van der Waals surface area contributed by atoms with Gasteiger partial charge in [-0.05, 0) is 12.0 Å². The van der Waals surface area contributed by atoms with Gasteiger partial charge in [0.05, 0.1) is 6.61 Å². The number of carbonyl (C=O) groups is 1. The lowest BCUT2D eigenvalue weighted by molar-refractivity contribution is -0.183. The van der Waals surface area contributed by atoms with Gasteiger partial charge in [0.25, 0.3) is 5.91 Å². The van der Waals surface area contributed by atoms with Crippen LogP contribution in [0.4, 0.5) is 0 Å². The van der Waals surface area contributed by atoms with E-state index in [1.807, 2.05) is 30.3 Å². The minimum Gasteiger partial charge on any atom is -0.361 e. The molecule has 1 heterocycles. The standard InChI is InChI=1S/C12H15NO3/c14-11-12(15)16-9-8-13(11)7-6-10-4-2-1-3-5-10/h1-5,12,15H,6-9H2. The van der Waals surface area contributed by atoms with E-state index in [1.54, 1.807) is 4.90 Å². The molecule has 1 amide bonds. The van der Waals surface area contributed by atoms with Gasteiger partial charge in [0.15, 0.2) is 0 Å². The van der Waals surface area contributed by atoms with Crippen molar-refractivity contribution >= 4 is 5.91 Å². The highest BCUT2D eigenvalue weighted by Crippen LogP contribution is 2.07. The number of ether oxygens (including phenoxy) is 1. The summed E-state index contributed by atoms with van der Waals surface area (Å²) in [4.78, 5) is 13.1. The average molecular weight is 221 g/mol. The van der Waals surface area contributed by atoms with Crippen LogP contribution in [0.15, 0.2) is 30.3 Å². The fraction of sp³-hybridized carbons (Fsp3) is 0.417. The van der Waals surface area contributed by atoms with E-state index >= 15 is 0 Å². The molecule has 4 heteroatoms. The van der Waals surface area contributed by atoms with Gasteiger partial charge in [0, 0.05) is 13.1 Å². The molecule has 0 aliphatic carbocycles. The molecule has 1 aromatic rings. The number of aliphatic hydroxyl groups excluding tert-OH is 1. The van der Waals surface area contributed by atoms with E-state index in [4.69, 9.17) is 4.74 Å². The van der Waals surface area contributed by atoms with Crippen LogP contribution in [0.5, 0.6) is 0 Å². The molecule has 2 rings (SSSR count). The highest BCUT2D eigenvalue weighted by atomic mass is 16.6. The van der Waals surface area contributed by atoms with Gasteiger partial charge < -0.3 is 14.7 Å². The molecule has 1 aromatic carbocycles. The number of morpholine rings is 1. The number of benzene rings is 1. The van der Waals surface area contributed by atoms with E-state index in [0.717, 1.165) is 6.42 Å². The topological polar surface area (TPSA) is 49.8 Å². The monoisotopic (exact) mass is 221 g/mol. The molecule has 16 heavy (non-hydrogen) atoms. The highest BCUT2D eigenvalue weighted by molar-refractivity contribution is 5.79. The minimum absolute atomic E-state index is 0.331. The second kappa shape index (κ2) is 5.09. The largest absolute Gasteiger partial charge is 0.361 e. The summed E-state index contributed by atoms with van der Waals surface area (Å²) in [6.07, 6.45) is -0.469. The first-order valence-electron chi connectivity index (χ1n) is 5.40. The zero-order valence-corrected chi connectivity index (χ0v) is 9.00. The first-order valence-corrected chi connectivity index (χ1v) is 5.40. The second-order valence-corrected chi connectivity index (χ2v) is 3.78. The Morgan fingerprint density at radius 2 is 2.12 bits per heavy atom. The third-order valence-corrected chi connectivity index (χ3v) is 2.67. The fourth-order valence-electron chi connectivity index (χ4n) is 1.74. The zero-order valence-electron chi connectivity index (χ0n) is 9.00. The van der Waals surface area contributed by atoms with Gasteiger partial charge in [-0.15, -0.1) is 0 Å². The number of hydrogen-bond acceptors (Lipinski definition) is 3. The van der Waals surface area contributed by atoms with Crippen molar-refractivity contribution in [2.24, 2.45) is 0 Å². The minimum atomic E-state index is -1.27. The summed E-state index contributed by atoms with van der Waals surface area (Å²) >= 11 is 0. The third-order valence-electron chi connectivity index (χ3n) is 2.67. The van der Waals surface area contributed by atoms with Gasteiger partial charge in [-0.25, -0.2) is 0 Å². The van der Waals surface area contributed by atoms with E-state index in [1.165, 1.54) is 5.56 Å². The summed E-state index contributed by atoms with van der Waals surface area (Å²) in [6.45, 7) is 1.59. The van der Waals surface area contributed by atoms with Crippen molar-refractivity contribution in [3.63, 3.8) is 0 Å². The molecule has 0 spiro atoms. The van der Waals surface area contributed by atoms with Crippen molar-refractivity contribution in [3.05, 3.63) is 35.9 Å². The summed E-state index contributed by atoms with van der Waals surface area (Å²) in [6, 6.07) is 9.98. The maximum Gasteiger partial charge on any atom is 0.279 e. The molecule has 0 saturated carbocycles. The molecule has 1 aliphatic heterocycles. The molecular formula is C12H15NO3. The van der Waals surface area contributed by atoms with Crippen LogP contribution in [0.3, 0.4) is 0 Å². The molecule has 1 saturated heterocycles. The molecule has 1 aliphatic rings. The Bertz CT molecular complexity index is 353. The van der Waals surface area contributed by atoms with Gasteiger partial charge in [-0.1, -0.05) is 30.3 Å². The van der Waals surface area contributed by atoms with Crippen LogP contribution in [0.2, 0.25) is 0 Å². The number of amides is 1. The molecule has 1 atom stereocenters. The first kappa shape index (κ1) is 11.1. The van der Waals surface area contributed by atoms with Crippen LogP contribution in [-0.4, -0.2) is 41.9 Å².